The third-order valence-corrected chi connectivity index (χ3v) is 7.87. The van der Waals surface area contributed by atoms with Crippen molar-refractivity contribution in [2.24, 2.45) is 0 Å². The van der Waals surface area contributed by atoms with Crippen LogP contribution in [0.5, 0.6) is 23.0 Å². The lowest BCUT2D eigenvalue weighted by atomic mass is 10.1. The third-order valence-electron chi connectivity index (χ3n) is 7.31. The lowest BCUT2D eigenvalue weighted by Crippen LogP contribution is -2.34. The van der Waals surface area contributed by atoms with Crippen molar-refractivity contribution in [1.29, 1.82) is 0 Å². The van der Waals surface area contributed by atoms with Crippen LogP contribution < -0.4 is 23.5 Å². The number of ether oxygens (including phenoxy) is 2. The minimum absolute atomic E-state index is 0.260. The highest BCUT2D eigenvalue weighted by Gasteiger charge is 2.27. The summed E-state index contributed by atoms with van der Waals surface area (Å²) in [6, 6.07) is 25.0. The van der Waals surface area contributed by atoms with Gasteiger partial charge in [-0.2, -0.15) is 4.57 Å². The monoisotopic (exact) mass is 605 g/mol. The minimum Gasteiger partial charge on any atom is -0.490 e. The van der Waals surface area contributed by atoms with E-state index in [-0.39, 0.29) is 5.75 Å². The Morgan fingerprint density at radius 1 is 0.744 bits per heavy atom. The number of benzene rings is 3. The molecule has 0 aliphatic heterocycles. The molecule has 0 bridgehead atoms. The summed E-state index contributed by atoms with van der Waals surface area (Å²) in [7, 11) is -1.08. The molecular weight excluding hydrogens is 561 g/mol. The van der Waals surface area contributed by atoms with Gasteiger partial charge in [0.2, 0.25) is 17.0 Å². The van der Waals surface area contributed by atoms with E-state index in [1.54, 1.807) is 18.2 Å². The van der Waals surface area contributed by atoms with Gasteiger partial charge >= 0.3 is 8.25 Å². The smallest absolute Gasteiger partial charge is 0.490 e. The van der Waals surface area contributed by atoms with E-state index in [0.717, 1.165) is 29.3 Å². The largest absolute Gasteiger partial charge is 0.791 e. The summed E-state index contributed by atoms with van der Waals surface area (Å²) >= 11 is 0. The van der Waals surface area contributed by atoms with Crippen molar-refractivity contribution >= 4 is 19.2 Å². The molecule has 0 spiro atoms. The van der Waals surface area contributed by atoms with Gasteiger partial charge in [-0.05, 0) is 42.8 Å². The zero-order valence-electron chi connectivity index (χ0n) is 25.4. The summed E-state index contributed by atoms with van der Waals surface area (Å²) in [5.74, 6) is 1.61. The molecule has 1 aromatic heterocycles. The van der Waals surface area contributed by atoms with Crippen molar-refractivity contribution < 1.29 is 32.7 Å². The molecule has 43 heavy (non-hydrogen) atoms. The van der Waals surface area contributed by atoms with Crippen molar-refractivity contribution in [3.05, 3.63) is 90.6 Å². The van der Waals surface area contributed by atoms with Gasteiger partial charge in [-0.15, -0.1) is 0 Å². The topological polar surface area (TPSA) is 67.1 Å². The van der Waals surface area contributed by atoms with Crippen LogP contribution in [0.4, 0.5) is 0 Å². The molecule has 228 valence electrons. The van der Waals surface area contributed by atoms with E-state index in [1.165, 1.54) is 58.5 Å². The Hall–Kier alpha value is -3.67. The van der Waals surface area contributed by atoms with Crippen molar-refractivity contribution in [1.82, 2.24) is 0 Å². The molecule has 4 rings (SSSR count). The molecule has 0 aliphatic carbocycles. The first-order valence-corrected chi connectivity index (χ1v) is 16.5. The maximum Gasteiger partial charge on any atom is 0.791 e. The molecule has 0 saturated carbocycles. The van der Waals surface area contributed by atoms with Crippen LogP contribution in [0.3, 0.4) is 0 Å². The van der Waals surface area contributed by atoms with Gasteiger partial charge in [0.05, 0.1) is 13.7 Å². The molecule has 0 radical (unpaired) electrons. The Balaban J connectivity index is 1.22. The first-order valence-electron chi connectivity index (χ1n) is 15.4. The predicted octanol–water partition coefficient (Wildman–Crippen LogP) is 9.53. The minimum atomic E-state index is -2.61. The van der Waals surface area contributed by atoms with Gasteiger partial charge in [0.15, 0.2) is 24.2 Å². The Kier molecular flexibility index (Phi) is 13.6. The predicted molar refractivity (Wildman–Crippen MR) is 170 cm³/mol. The molecule has 1 heterocycles. The van der Waals surface area contributed by atoms with E-state index in [2.05, 4.69) is 29.7 Å². The fourth-order valence-electron chi connectivity index (χ4n) is 5.08. The van der Waals surface area contributed by atoms with E-state index < -0.39 is 8.25 Å². The molecule has 4 aromatic rings. The van der Waals surface area contributed by atoms with Gasteiger partial charge in [0, 0.05) is 27.6 Å². The number of pyridine rings is 1. The third kappa shape index (κ3) is 10.5. The highest BCUT2D eigenvalue weighted by Crippen LogP contribution is 2.39. The Morgan fingerprint density at radius 3 is 2.23 bits per heavy atom. The highest BCUT2D eigenvalue weighted by molar-refractivity contribution is 7.33. The second-order valence-electron chi connectivity index (χ2n) is 10.6. The van der Waals surface area contributed by atoms with Crippen molar-refractivity contribution in [2.45, 2.75) is 77.7 Å². The summed E-state index contributed by atoms with van der Waals surface area (Å²) in [4.78, 5) is 5.37. The molecule has 1 unspecified atom stereocenters. The number of para-hydroxylation sites is 2. The van der Waals surface area contributed by atoms with Gasteiger partial charge in [0.1, 0.15) is 4.67 Å². The summed E-state index contributed by atoms with van der Waals surface area (Å²) in [5.41, 5.74) is 2.12. The number of hydrogen-bond donors (Lipinski definition) is 0. The highest BCUT2D eigenvalue weighted by atomic mass is 31.1. The Labute approximate surface area is 256 Å². The number of aromatic nitrogens is 1. The normalized spacial score (nSPS) is 11.3. The van der Waals surface area contributed by atoms with Crippen LogP contribution in [0.15, 0.2) is 85.1 Å². The van der Waals surface area contributed by atoms with Gasteiger partial charge in [0.25, 0.3) is 0 Å². The van der Waals surface area contributed by atoms with E-state index in [1.807, 2.05) is 48.7 Å². The Bertz CT molecular complexity index is 1420. The summed E-state index contributed by atoms with van der Waals surface area (Å²) in [6.07, 6.45) is 14.7. The van der Waals surface area contributed by atoms with Crippen LogP contribution in [-0.4, -0.2) is 13.7 Å². The first-order chi connectivity index (χ1) is 21.2. The molecule has 0 amide bonds. The van der Waals surface area contributed by atoms with Crippen LogP contribution >= 0.6 is 8.25 Å². The molecule has 8 heteroatoms. The summed E-state index contributed by atoms with van der Waals surface area (Å²) < 4.78 is 36.9. The zero-order valence-corrected chi connectivity index (χ0v) is 26.3. The van der Waals surface area contributed by atoms with Gasteiger partial charge in [-0.25, -0.2) is 4.52 Å². The van der Waals surface area contributed by atoms with Crippen molar-refractivity contribution in [3.63, 3.8) is 0 Å². The fourth-order valence-corrected chi connectivity index (χ4v) is 5.53. The van der Waals surface area contributed by atoms with Gasteiger partial charge < -0.3 is 9.47 Å². The van der Waals surface area contributed by atoms with Crippen LogP contribution in [0.1, 0.15) is 76.7 Å². The number of nitrogens with zero attached hydrogens (tertiary/aromatic N) is 1. The molecular formula is C35H44NO6P+2. The molecule has 7 nitrogen and oxygen atoms in total. The lowest BCUT2D eigenvalue weighted by molar-refractivity contribution is -0.662. The number of rotatable bonds is 20. The quantitative estimate of drug-likeness (QED) is 0.0329. The number of methoxy groups -OCH3 is 1. The molecule has 0 N–H and O–H groups in total. The molecule has 0 fully saturated rings. The van der Waals surface area contributed by atoms with Gasteiger partial charge in [-0.3, -0.25) is 4.89 Å². The van der Waals surface area contributed by atoms with E-state index in [9.17, 15) is 4.57 Å². The van der Waals surface area contributed by atoms with Crippen molar-refractivity contribution in [3.8, 4) is 23.0 Å². The second-order valence-corrected chi connectivity index (χ2v) is 11.4. The molecule has 3 aromatic carbocycles. The van der Waals surface area contributed by atoms with Crippen molar-refractivity contribution in [2.75, 3.05) is 13.7 Å². The summed E-state index contributed by atoms with van der Waals surface area (Å²) in [6.45, 7) is 3.47. The standard InChI is InChI=1S/C35H44NO6P/c1-3-4-5-6-7-8-9-10-11-14-26-39-33-23-16-24-34(35(33)38-2)40-42-43(37)41-31-21-15-18-29(27-31)28-36-25-17-20-30-19-12-13-22-32(30)36/h12-13,15-25,27H,3-11,14,26,28H2,1-2H3/q+2. The van der Waals surface area contributed by atoms with Crippen LogP contribution in [0, 0.1) is 0 Å². The fraction of sp³-hybridized carbons (Fsp3) is 0.400. The average Bonchev–Trinajstić information content (AvgIpc) is 3.03. The van der Waals surface area contributed by atoms with Crippen LogP contribution in [0.2, 0.25) is 0 Å². The zero-order chi connectivity index (χ0) is 30.1. The number of unbranched alkanes of at least 4 members (excludes halogenated alkanes) is 9. The summed E-state index contributed by atoms with van der Waals surface area (Å²) in [5, 5.41) is 1.16. The average molecular weight is 606 g/mol. The Morgan fingerprint density at radius 2 is 1.44 bits per heavy atom. The van der Waals surface area contributed by atoms with Gasteiger partial charge in [-0.1, -0.05) is 95.0 Å². The van der Waals surface area contributed by atoms with Crippen LogP contribution in [-0.2, 0) is 15.8 Å². The molecule has 0 aliphatic rings. The SMILES string of the molecule is CCCCCCCCCCCCOc1cccc(OO[P+](=O)Oc2cccc(C[n+]3cccc4ccccc43)c2)c1OC. The number of hydrogen-bond acceptors (Lipinski definition) is 6. The molecule has 0 saturated heterocycles. The maximum absolute atomic E-state index is 12.6. The maximum atomic E-state index is 12.6. The van der Waals surface area contributed by atoms with E-state index >= 15 is 0 Å². The van der Waals surface area contributed by atoms with E-state index in [0.29, 0.717) is 30.4 Å². The molecule has 1 atom stereocenters. The van der Waals surface area contributed by atoms with Crippen LogP contribution in [0.25, 0.3) is 10.9 Å². The lowest BCUT2D eigenvalue weighted by Gasteiger charge is -2.12. The number of fused-ring (bicyclic) bond motifs is 1. The second kappa shape index (κ2) is 18.1. The first kappa shape index (κ1) is 32.2. The van der Waals surface area contributed by atoms with E-state index in [4.69, 9.17) is 23.6 Å².